The maximum Gasteiger partial charge on any atom is 0.0240 e. The summed E-state index contributed by atoms with van der Waals surface area (Å²) in [4.78, 5) is 2.59. The van der Waals surface area contributed by atoms with Crippen molar-refractivity contribution in [1.29, 1.82) is 0 Å². The molecule has 2 aromatic carbocycles. The standard InChI is InChI=1S/C19H23N/c1-15-9-10-17-8-5-11-20(14-19(17)12-15)13-18-7-4-3-6-16(18)2/h3-4,6-7,9-10,12H,5,8,11,13-14H2,1-2H3. The molecule has 0 atom stereocenters. The molecule has 1 heteroatoms. The van der Waals surface area contributed by atoms with Gasteiger partial charge in [0, 0.05) is 13.1 Å². The van der Waals surface area contributed by atoms with E-state index in [0.29, 0.717) is 0 Å². The monoisotopic (exact) mass is 265 g/mol. The van der Waals surface area contributed by atoms with Crippen molar-refractivity contribution in [3.63, 3.8) is 0 Å². The van der Waals surface area contributed by atoms with Crippen molar-refractivity contribution >= 4 is 0 Å². The van der Waals surface area contributed by atoms with Crippen molar-refractivity contribution in [1.82, 2.24) is 4.90 Å². The molecule has 0 saturated heterocycles. The van der Waals surface area contributed by atoms with Gasteiger partial charge in [-0.3, -0.25) is 4.90 Å². The van der Waals surface area contributed by atoms with Crippen LogP contribution in [0.5, 0.6) is 0 Å². The van der Waals surface area contributed by atoms with Crippen LogP contribution in [0.3, 0.4) is 0 Å². The molecule has 0 unspecified atom stereocenters. The molecular formula is C19H23N. The number of benzene rings is 2. The van der Waals surface area contributed by atoms with Gasteiger partial charge in [-0.2, -0.15) is 0 Å². The Morgan fingerprint density at radius 3 is 2.70 bits per heavy atom. The van der Waals surface area contributed by atoms with Crippen LogP contribution in [0.1, 0.15) is 34.2 Å². The Bertz CT molecular complexity index is 600. The van der Waals surface area contributed by atoms with Crippen LogP contribution in [0.25, 0.3) is 0 Å². The number of rotatable bonds is 2. The minimum absolute atomic E-state index is 1.07. The lowest BCUT2D eigenvalue weighted by Crippen LogP contribution is -2.23. The molecule has 0 aliphatic carbocycles. The summed E-state index contributed by atoms with van der Waals surface area (Å²) in [6.45, 7) is 7.76. The largest absolute Gasteiger partial charge is 0.295 e. The van der Waals surface area contributed by atoms with Gasteiger partial charge in [-0.25, -0.2) is 0 Å². The van der Waals surface area contributed by atoms with Crippen LogP contribution in [0.4, 0.5) is 0 Å². The van der Waals surface area contributed by atoms with Crippen molar-refractivity contribution < 1.29 is 0 Å². The van der Waals surface area contributed by atoms with Crippen LogP contribution < -0.4 is 0 Å². The fourth-order valence-corrected chi connectivity index (χ4v) is 3.12. The molecule has 0 bridgehead atoms. The summed E-state index contributed by atoms with van der Waals surface area (Å²) in [6, 6.07) is 15.7. The van der Waals surface area contributed by atoms with Gasteiger partial charge in [0.25, 0.3) is 0 Å². The van der Waals surface area contributed by atoms with E-state index in [0.717, 1.165) is 13.1 Å². The van der Waals surface area contributed by atoms with Crippen LogP contribution in [0, 0.1) is 13.8 Å². The second kappa shape index (κ2) is 5.80. The summed E-state index contributed by atoms with van der Waals surface area (Å²) in [5.41, 5.74) is 7.31. The Balaban J connectivity index is 1.80. The van der Waals surface area contributed by atoms with E-state index in [-0.39, 0.29) is 0 Å². The third-order valence-electron chi connectivity index (χ3n) is 4.33. The maximum absolute atomic E-state index is 2.59. The Morgan fingerprint density at radius 2 is 1.85 bits per heavy atom. The smallest absolute Gasteiger partial charge is 0.0240 e. The van der Waals surface area contributed by atoms with E-state index in [1.807, 2.05) is 0 Å². The van der Waals surface area contributed by atoms with E-state index in [9.17, 15) is 0 Å². The number of nitrogens with zero attached hydrogens (tertiary/aromatic N) is 1. The summed E-state index contributed by atoms with van der Waals surface area (Å²) in [5.74, 6) is 0. The number of hydrogen-bond acceptors (Lipinski definition) is 1. The van der Waals surface area contributed by atoms with Gasteiger partial charge in [0.05, 0.1) is 0 Å². The van der Waals surface area contributed by atoms with Gasteiger partial charge >= 0.3 is 0 Å². The summed E-state index contributed by atoms with van der Waals surface area (Å²) >= 11 is 0. The molecule has 0 amide bonds. The average Bonchev–Trinajstić information content (AvgIpc) is 2.62. The number of fused-ring (bicyclic) bond motifs is 1. The summed E-state index contributed by atoms with van der Waals surface area (Å²) in [7, 11) is 0. The van der Waals surface area contributed by atoms with Crippen molar-refractivity contribution in [3.05, 3.63) is 70.3 Å². The quantitative estimate of drug-likeness (QED) is 0.784. The molecule has 1 aliphatic rings. The Morgan fingerprint density at radius 1 is 1.00 bits per heavy atom. The molecule has 1 heterocycles. The molecule has 0 saturated carbocycles. The third-order valence-corrected chi connectivity index (χ3v) is 4.33. The highest BCUT2D eigenvalue weighted by Crippen LogP contribution is 2.22. The van der Waals surface area contributed by atoms with E-state index in [1.165, 1.54) is 41.6 Å². The number of hydrogen-bond donors (Lipinski definition) is 0. The van der Waals surface area contributed by atoms with Crippen LogP contribution in [-0.4, -0.2) is 11.4 Å². The molecular weight excluding hydrogens is 242 g/mol. The van der Waals surface area contributed by atoms with E-state index < -0.39 is 0 Å². The average molecular weight is 265 g/mol. The Labute approximate surface area is 122 Å². The molecule has 0 fully saturated rings. The first-order valence-corrected chi connectivity index (χ1v) is 7.57. The van der Waals surface area contributed by atoms with E-state index in [2.05, 4.69) is 61.2 Å². The maximum atomic E-state index is 2.59. The van der Waals surface area contributed by atoms with Crippen molar-refractivity contribution in [2.24, 2.45) is 0 Å². The van der Waals surface area contributed by atoms with Crippen LogP contribution >= 0.6 is 0 Å². The van der Waals surface area contributed by atoms with Gasteiger partial charge in [0.2, 0.25) is 0 Å². The van der Waals surface area contributed by atoms with Gasteiger partial charge in [-0.1, -0.05) is 48.0 Å². The first-order valence-electron chi connectivity index (χ1n) is 7.57. The highest BCUT2D eigenvalue weighted by Gasteiger charge is 2.15. The van der Waals surface area contributed by atoms with Crippen molar-refractivity contribution in [2.75, 3.05) is 6.54 Å². The molecule has 0 radical (unpaired) electrons. The number of aryl methyl sites for hydroxylation is 3. The predicted octanol–water partition coefficient (Wildman–Crippen LogP) is 4.25. The molecule has 20 heavy (non-hydrogen) atoms. The Hall–Kier alpha value is -1.60. The minimum atomic E-state index is 1.07. The topological polar surface area (TPSA) is 3.24 Å². The summed E-state index contributed by atoms with van der Waals surface area (Å²) in [6.07, 6.45) is 2.49. The molecule has 104 valence electrons. The first kappa shape index (κ1) is 13.4. The SMILES string of the molecule is Cc1ccc2c(c1)CN(Cc1ccccc1C)CCC2. The van der Waals surface area contributed by atoms with Crippen LogP contribution in [0.2, 0.25) is 0 Å². The fraction of sp³-hybridized carbons (Fsp3) is 0.368. The first-order chi connectivity index (χ1) is 9.72. The highest BCUT2D eigenvalue weighted by atomic mass is 15.1. The van der Waals surface area contributed by atoms with Crippen LogP contribution in [-0.2, 0) is 19.5 Å². The second-order valence-electron chi connectivity index (χ2n) is 6.01. The molecule has 1 nitrogen and oxygen atoms in total. The zero-order valence-electron chi connectivity index (χ0n) is 12.5. The zero-order valence-corrected chi connectivity index (χ0v) is 12.5. The predicted molar refractivity (Wildman–Crippen MR) is 84.8 cm³/mol. The van der Waals surface area contributed by atoms with Crippen molar-refractivity contribution in [3.8, 4) is 0 Å². The van der Waals surface area contributed by atoms with Gasteiger partial charge < -0.3 is 0 Å². The molecule has 0 spiro atoms. The van der Waals surface area contributed by atoms with E-state index in [4.69, 9.17) is 0 Å². The fourth-order valence-electron chi connectivity index (χ4n) is 3.12. The Kier molecular flexibility index (Phi) is 3.88. The van der Waals surface area contributed by atoms with Crippen molar-refractivity contribution in [2.45, 2.75) is 39.8 Å². The van der Waals surface area contributed by atoms with Gasteiger partial charge in [-0.05, 0) is 55.5 Å². The normalized spacial score (nSPS) is 15.7. The third kappa shape index (κ3) is 2.94. The zero-order chi connectivity index (χ0) is 13.9. The summed E-state index contributed by atoms with van der Waals surface area (Å²) < 4.78 is 0. The molecule has 3 rings (SSSR count). The summed E-state index contributed by atoms with van der Waals surface area (Å²) in [5, 5.41) is 0. The minimum Gasteiger partial charge on any atom is -0.295 e. The highest BCUT2D eigenvalue weighted by molar-refractivity contribution is 5.33. The molecule has 0 N–H and O–H groups in total. The lowest BCUT2D eigenvalue weighted by Gasteiger charge is -2.21. The molecule has 0 aromatic heterocycles. The van der Waals surface area contributed by atoms with Gasteiger partial charge in [-0.15, -0.1) is 0 Å². The lowest BCUT2D eigenvalue weighted by molar-refractivity contribution is 0.260. The lowest BCUT2D eigenvalue weighted by atomic mass is 10.0. The van der Waals surface area contributed by atoms with E-state index >= 15 is 0 Å². The van der Waals surface area contributed by atoms with Gasteiger partial charge in [0.15, 0.2) is 0 Å². The second-order valence-corrected chi connectivity index (χ2v) is 6.01. The van der Waals surface area contributed by atoms with Crippen LogP contribution in [0.15, 0.2) is 42.5 Å². The van der Waals surface area contributed by atoms with E-state index in [1.54, 1.807) is 5.56 Å². The molecule has 1 aliphatic heterocycles. The van der Waals surface area contributed by atoms with Gasteiger partial charge in [0.1, 0.15) is 0 Å². The molecule has 2 aromatic rings.